The van der Waals surface area contributed by atoms with E-state index in [2.05, 4.69) is 5.32 Å². The summed E-state index contributed by atoms with van der Waals surface area (Å²) in [7, 11) is 2.43. The molecular formula is C22H25NO7. The van der Waals surface area contributed by atoms with Crippen LogP contribution in [0.25, 0.3) is 0 Å². The summed E-state index contributed by atoms with van der Waals surface area (Å²) in [6.45, 7) is 5.79. The number of esters is 2. The van der Waals surface area contributed by atoms with Crippen LogP contribution in [0.5, 0.6) is 0 Å². The molecule has 0 saturated carbocycles. The molecule has 1 aliphatic carbocycles. The van der Waals surface area contributed by atoms with Gasteiger partial charge in [0.1, 0.15) is 5.76 Å². The van der Waals surface area contributed by atoms with E-state index in [1.165, 1.54) is 32.4 Å². The molecule has 1 unspecified atom stereocenters. The van der Waals surface area contributed by atoms with Gasteiger partial charge in [-0.3, -0.25) is 4.79 Å². The van der Waals surface area contributed by atoms with E-state index in [1.54, 1.807) is 6.92 Å². The number of anilines is 1. The van der Waals surface area contributed by atoms with Gasteiger partial charge in [-0.2, -0.15) is 0 Å². The van der Waals surface area contributed by atoms with Crippen LogP contribution in [0.1, 0.15) is 74.5 Å². The third-order valence-corrected chi connectivity index (χ3v) is 5.23. The van der Waals surface area contributed by atoms with E-state index >= 15 is 0 Å². The number of methoxy groups -OCH3 is 2. The van der Waals surface area contributed by atoms with E-state index in [0.29, 0.717) is 29.7 Å². The molecule has 2 aromatic rings. The standard InChI is InChI=1S/C22H25NO7/c1-11-17-15(24)9-22(2,3)10-16(17)30-18(11)19(25)23-14-7-12(20(26)28-4)6-13(8-14)21(27)29-5/h6-8,15,24H,9-10H2,1-5H3,(H,23,25). The Morgan fingerprint density at radius 1 is 1.10 bits per heavy atom. The van der Waals surface area contributed by atoms with Crippen LogP contribution in [0.2, 0.25) is 0 Å². The highest BCUT2D eigenvalue weighted by Gasteiger charge is 2.37. The fourth-order valence-electron chi connectivity index (χ4n) is 3.86. The number of fused-ring (bicyclic) bond motifs is 1. The molecule has 1 aliphatic rings. The predicted molar refractivity (Wildman–Crippen MR) is 108 cm³/mol. The molecule has 1 amide bonds. The highest BCUT2D eigenvalue weighted by atomic mass is 16.5. The van der Waals surface area contributed by atoms with Gasteiger partial charge in [-0.05, 0) is 37.0 Å². The van der Waals surface area contributed by atoms with Crippen LogP contribution in [0, 0.1) is 12.3 Å². The van der Waals surface area contributed by atoms with Crippen LogP contribution in [0.3, 0.4) is 0 Å². The Labute approximate surface area is 174 Å². The van der Waals surface area contributed by atoms with Crippen molar-refractivity contribution in [3.63, 3.8) is 0 Å². The number of carbonyl (C=O) groups is 3. The van der Waals surface area contributed by atoms with Crippen molar-refractivity contribution in [1.82, 2.24) is 0 Å². The van der Waals surface area contributed by atoms with Crippen LogP contribution in [0.4, 0.5) is 5.69 Å². The topological polar surface area (TPSA) is 115 Å². The number of furan rings is 1. The van der Waals surface area contributed by atoms with E-state index in [-0.39, 0.29) is 28.0 Å². The largest absolute Gasteiger partial charge is 0.465 e. The van der Waals surface area contributed by atoms with Gasteiger partial charge < -0.3 is 24.3 Å². The van der Waals surface area contributed by atoms with Crippen LogP contribution in [-0.4, -0.2) is 37.2 Å². The number of hydrogen-bond donors (Lipinski definition) is 2. The third-order valence-electron chi connectivity index (χ3n) is 5.23. The summed E-state index contributed by atoms with van der Waals surface area (Å²) >= 11 is 0. The summed E-state index contributed by atoms with van der Waals surface area (Å²) in [5, 5.41) is 13.2. The zero-order chi connectivity index (χ0) is 22.2. The second-order valence-corrected chi connectivity index (χ2v) is 8.19. The number of carbonyl (C=O) groups excluding carboxylic acids is 3. The normalized spacial score (nSPS) is 17.1. The van der Waals surface area contributed by atoms with Crippen molar-refractivity contribution >= 4 is 23.5 Å². The maximum atomic E-state index is 12.9. The first-order chi connectivity index (χ1) is 14.1. The molecule has 1 aromatic carbocycles. The monoisotopic (exact) mass is 415 g/mol. The van der Waals surface area contributed by atoms with Crippen molar-refractivity contribution in [2.45, 2.75) is 39.7 Å². The molecule has 1 aromatic heterocycles. The number of benzene rings is 1. The molecule has 0 bridgehead atoms. The van der Waals surface area contributed by atoms with Gasteiger partial charge in [-0.25, -0.2) is 9.59 Å². The van der Waals surface area contributed by atoms with E-state index in [4.69, 9.17) is 13.9 Å². The first-order valence-electron chi connectivity index (χ1n) is 9.49. The minimum absolute atomic E-state index is 0.0832. The summed E-state index contributed by atoms with van der Waals surface area (Å²) in [6.07, 6.45) is 0.478. The summed E-state index contributed by atoms with van der Waals surface area (Å²) in [4.78, 5) is 36.8. The number of nitrogens with one attached hydrogen (secondary N) is 1. The van der Waals surface area contributed by atoms with E-state index in [1.807, 2.05) is 13.8 Å². The lowest BCUT2D eigenvalue weighted by atomic mass is 9.75. The first kappa shape index (κ1) is 21.6. The van der Waals surface area contributed by atoms with Gasteiger partial charge in [-0.1, -0.05) is 13.8 Å². The maximum Gasteiger partial charge on any atom is 0.337 e. The number of amides is 1. The number of ether oxygens (including phenoxy) is 2. The number of rotatable bonds is 4. The molecule has 0 saturated heterocycles. The first-order valence-corrected chi connectivity index (χ1v) is 9.49. The summed E-state index contributed by atoms with van der Waals surface area (Å²) in [5.41, 5.74) is 1.46. The van der Waals surface area contributed by atoms with Crippen LogP contribution < -0.4 is 5.32 Å². The van der Waals surface area contributed by atoms with Gasteiger partial charge in [0.25, 0.3) is 5.91 Å². The van der Waals surface area contributed by atoms with Crippen molar-refractivity contribution in [1.29, 1.82) is 0 Å². The molecule has 160 valence electrons. The zero-order valence-electron chi connectivity index (χ0n) is 17.6. The average Bonchev–Trinajstić information content (AvgIpc) is 3.01. The summed E-state index contributed by atoms with van der Waals surface area (Å²) in [5.74, 6) is -1.19. The Balaban J connectivity index is 1.95. The minimum atomic E-state index is -0.706. The maximum absolute atomic E-state index is 12.9. The van der Waals surface area contributed by atoms with Gasteiger partial charge in [0.05, 0.1) is 31.5 Å². The molecule has 30 heavy (non-hydrogen) atoms. The van der Waals surface area contributed by atoms with E-state index in [9.17, 15) is 19.5 Å². The van der Waals surface area contributed by atoms with Crippen molar-refractivity contribution < 1.29 is 33.4 Å². The molecule has 8 heteroatoms. The van der Waals surface area contributed by atoms with Crippen molar-refractivity contribution in [2.75, 3.05) is 19.5 Å². The van der Waals surface area contributed by atoms with Gasteiger partial charge in [0.2, 0.25) is 0 Å². The predicted octanol–water partition coefficient (Wildman–Crippen LogP) is 3.42. The lowest BCUT2D eigenvalue weighted by Gasteiger charge is -2.31. The fourth-order valence-corrected chi connectivity index (χ4v) is 3.86. The Bertz CT molecular complexity index is 984. The second kappa shape index (κ2) is 7.95. The average molecular weight is 415 g/mol. The van der Waals surface area contributed by atoms with E-state index < -0.39 is 23.9 Å². The zero-order valence-corrected chi connectivity index (χ0v) is 17.6. The molecule has 2 N–H and O–H groups in total. The Morgan fingerprint density at radius 2 is 1.67 bits per heavy atom. The highest BCUT2D eigenvalue weighted by molar-refractivity contribution is 6.05. The van der Waals surface area contributed by atoms with Gasteiger partial charge in [-0.15, -0.1) is 0 Å². The second-order valence-electron chi connectivity index (χ2n) is 8.19. The lowest BCUT2D eigenvalue weighted by Crippen LogP contribution is -2.24. The fraction of sp³-hybridized carbons (Fsp3) is 0.409. The number of hydrogen-bond acceptors (Lipinski definition) is 7. The number of aliphatic hydroxyl groups is 1. The molecule has 1 heterocycles. The summed E-state index contributed by atoms with van der Waals surface area (Å²) < 4.78 is 15.2. The molecule has 0 fully saturated rings. The Kier molecular flexibility index (Phi) is 5.72. The SMILES string of the molecule is COC(=O)c1cc(NC(=O)c2oc3c(c2C)C(O)CC(C)(C)C3)cc(C(=O)OC)c1. The van der Waals surface area contributed by atoms with E-state index in [0.717, 1.165) is 0 Å². The molecule has 0 spiro atoms. The third kappa shape index (κ3) is 4.09. The molecule has 0 aliphatic heterocycles. The van der Waals surface area contributed by atoms with Gasteiger partial charge in [0.15, 0.2) is 5.76 Å². The molecule has 1 atom stereocenters. The van der Waals surface area contributed by atoms with Crippen LogP contribution >= 0.6 is 0 Å². The van der Waals surface area contributed by atoms with Crippen molar-refractivity contribution in [2.24, 2.45) is 5.41 Å². The smallest absolute Gasteiger partial charge is 0.337 e. The van der Waals surface area contributed by atoms with Crippen molar-refractivity contribution in [3.05, 3.63) is 52.0 Å². The summed E-state index contributed by atoms with van der Waals surface area (Å²) in [6, 6.07) is 4.11. The Hall–Kier alpha value is -3.13. The van der Waals surface area contributed by atoms with Crippen molar-refractivity contribution in [3.8, 4) is 0 Å². The quantitative estimate of drug-likeness (QED) is 0.735. The minimum Gasteiger partial charge on any atom is -0.465 e. The lowest BCUT2D eigenvalue weighted by molar-refractivity contribution is 0.0598. The molecule has 3 rings (SSSR count). The molecule has 0 radical (unpaired) electrons. The Morgan fingerprint density at radius 3 is 2.20 bits per heavy atom. The van der Waals surface area contributed by atoms with Gasteiger partial charge >= 0.3 is 11.9 Å². The molecule has 8 nitrogen and oxygen atoms in total. The highest BCUT2D eigenvalue weighted by Crippen LogP contribution is 2.44. The van der Waals surface area contributed by atoms with Crippen LogP contribution in [-0.2, 0) is 15.9 Å². The number of aliphatic hydroxyl groups excluding tert-OH is 1. The van der Waals surface area contributed by atoms with Gasteiger partial charge in [0, 0.05) is 23.2 Å². The molecular weight excluding hydrogens is 390 g/mol. The van der Waals surface area contributed by atoms with Crippen LogP contribution in [0.15, 0.2) is 22.6 Å².